The van der Waals surface area contributed by atoms with Crippen LogP contribution in [0.25, 0.3) is 10.2 Å². The van der Waals surface area contributed by atoms with Crippen LogP contribution in [-0.4, -0.2) is 11.5 Å². The molecule has 0 amide bonds. The molecule has 3 heteroatoms. The Kier molecular flexibility index (Phi) is 2.68. The van der Waals surface area contributed by atoms with Crippen LogP contribution in [0.5, 0.6) is 0 Å². The second-order valence-electron chi connectivity index (χ2n) is 6.26. The summed E-state index contributed by atoms with van der Waals surface area (Å²) in [4.78, 5) is 4.75. The largest absolute Gasteiger partial charge is 0.308 e. The van der Waals surface area contributed by atoms with Crippen LogP contribution in [0.15, 0.2) is 24.3 Å². The highest BCUT2D eigenvalue weighted by Gasteiger charge is 2.53. The van der Waals surface area contributed by atoms with Gasteiger partial charge in [-0.15, -0.1) is 11.3 Å². The highest BCUT2D eigenvalue weighted by molar-refractivity contribution is 7.18. The normalized spacial score (nSPS) is 22.6. The van der Waals surface area contributed by atoms with Crippen LogP contribution in [-0.2, 0) is 0 Å². The number of aromatic nitrogens is 1. The van der Waals surface area contributed by atoms with Gasteiger partial charge in [0.25, 0.3) is 0 Å². The van der Waals surface area contributed by atoms with Crippen molar-refractivity contribution in [3.8, 4) is 0 Å². The van der Waals surface area contributed by atoms with Gasteiger partial charge < -0.3 is 5.32 Å². The van der Waals surface area contributed by atoms with Gasteiger partial charge in [-0.3, -0.25) is 0 Å². The standard InChI is InChI=1S/C16H20N2S/c1-11(17-10-16(8-9-16)12-6-7-12)15-18-13-4-2-3-5-14(13)19-15/h2-5,11-12,17H,6-10H2,1H3. The highest BCUT2D eigenvalue weighted by atomic mass is 32.1. The minimum atomic E-state index is 0.383. The lowest BCUT2D eigenvalue weighted by atomic mass is 10.0. The Morgan fingerprint density at radius 3 is 2.84 bits per heavy atom. The minimum absolute atomic E-state index is 0.383. The number of para-hydroxylation sites is 1. The molecule has 2 aliphatic rings. The lowest BCUT2D eigenvalue weighted by Gasteiger charge is -2.18. The Morgan fingerprint density at radius 2 is 2.16 bits per heavy atom. The first-order chi connectivity index (χ1) is 9.27. The Morgan fingerprint density at radius 1 is 1.37 bits per heavy atom. The number of benzene rings is 1. The van der Waals surface area contributed by atoms with E-state index in [4.69, 9.17) is 4.98 Å². The quantitative estimate of drug-likeness (QED) is 0.885. The molecule has 4 rings (SSSR count). The first-order valence-corrected chi connectivity index (χ1v) is 8.17. The van der Waals surface area contributed by atoms with E-state index in [-0.39, 0.29) is 0 Å². The second kappa shape index (κ2) is 4.29. The third kappa shape index (κ3) is 2.19. The van der Waals surface area contributed by atoms with E-state index >= 15 is 0 Å². The molecule has 1 N–H and O–H groups in total. The van der Waals surface area contributed by atoms with Gasteiger partial charge in [-0.2, -0.15) is 0 Å². The average molecular weight is 272 g/mol. The van der Waals surface area contributed by atoms with Crippen LogP contribution in [0.3, 0.4) is 0 Å². The summed E-state index contributed by atoms with van der Waals surface area (Å²) in [7, 11) is 0. The fourth-order valence-electron chi connectivity index (χ4n) is 3.10. The smallest absolute Gasteiger partial charge is 0.111 e. The summed E-state index contributed by atoms with van der Waals surface area (Å²) in [6, 6.07) is 8.81. The summed E-state index contributed by atoms with van der Waals surface area (Å²) >= 11 is 1.83. The van der Waals surface area contributed by atoms with Crippen molar-refractivity contribution in [3.05, 3.63) is 29.3 Å². The van der Waals surface area contributed by atoms with E-state index in [1.165, 1.54) is 41.9 Å². The zero-order valence-corrected chi connectivity index (χ0v) is 12.2. The first kappa shape index (κ1) is 11.9. The maximum absolute atomic E-state index is 4.75. The van der Waals surface area contributed by atoms with Crippen LogP contribution in [0, 0.1) is 11.3 Å². The Balaban J connectivity index is 1.46. The number of nitrogens with zero attached hydrogens (tertiary/aromatic N) is 1. The predicted octanol–water partition coefficient (Wildman–Crippen LogP) is 4.14. The maximum atomic E-state index is 4.75. The van der Waals surface area contributed by atoms with Crippen LogP contribution in [0.2, 0.25) is 0 Å². The van der Waals surface area contributed by atoms with Crippen LogP contribution in [0.1, 0.15) is 43.7 Å². The van der Waals surface area contributed by atoms with E-state index in [9.17, 15) is 0 Å². The minimum Gasteiger partial charge on any atom is -0.308 e. The molecule has 1 aromatic carbocycles. The predicted molar refractivity (Wildman–Crippen MR) is 80.4 cm³/mol. The number of nitrogens with one attached hydrogen (secondary N) is 1. The van der Waals surface area contributed by atoms with Gasteiger partial charge in [0.2, 0.25) is 0 Å². The molecule has 1 unspecified atom stereocenters. The lowest BCUT2D eigenvalue weighted by molar-refractivity contribution is 0.382. The molecule has 2 fully saturated rings. The van der Waals surface area contributed by atoms with E-state index < -0.39 is 0 Å². The number of fused-ring (bicyclic) bond motifs is 1. The molecule has 1 atom stereocenters. The molecule has 1 aromatic heterocycles. The van der Waals surface area contributed by atoms with Crippen LogP contribution >= 0.6 is 11.3 Å². The Bertz CT molecular complexity index is 563. The van der Waals surface area contributed by atoms with Crippen LogP contribution < -0.4 is 5.32 Å². The third-order valence-electron chi connectivity index (χ3n) is 4.78. The molecule has 0 radical (unpaired) electrons. The van der Waals surface area contributed by atoms with Gasteiger partial charge in [0, 0.05) is 6.54 Å². The SMILES string of the molecule is CC(NCC1(C2CC2)CC1)c1nc2ccccc2s1. The zero-order chi connectivity index (χ0) is 12.9. The van der Waals surface area contributed by atoms with Crippen molar-refractivity contribution in [3.63, 3.8) is 0 Å². The number of rotatable bonds is 5. The van der Waals surface area contributed by atoms with Crippen molar-refractivity contribution in [1.29, 1.82) is 0 Å². The van der Waals surface area contributed by atoms with Crippen molar-refractivity contribution >= 4 is 21.6 Å². The van der Waals surface area contributed by atoms with Gasteiger partial charge in [-0.25, -0.2) is 4.98 Å². The van der Waals surface area contributed by atoms with Crippen molar-refractivity contribution in [2.75, 3.05) is 6.54 Å². The number of hydrogen-bond acceptors (Lipinski definition) is 3. The first-order valence-electron chi connectivity index (χ1n) is 7.36. The highest BCUT2D eigenvalue weighted by Crippen LogP contribution is 2.60. The van der Waals surface area contributed by atoms with Gasteiger partial charge in [-0.1, -0.05) is 12.1 Å². The molecule has 0 aliphatic heterocycles. The second-order valence-corrected chi connectivity index (χ2v) is 7.32. The molecule has 2 saturated carbocycles. The van der Waals surface area contributed by atoms with Crippen molar-refractivity contribution in [1.82, 2.24) is 10.3 Å². The number of thiazole rings is 1. The zero-order valence-electron chi connectivity index (χ0n) is 11.4. The molecule has 19 heavy (non-hydrogen) atoms. The molecular weight excluding hydrogens is 252 g/mol. The summed E-state index contributed by atoms with van der Waals surface area (Å²) in [6.07, 6.45) is 5.82. The van der Waals surface area contributed by atoms with Crippen molar-refractivity contribution in [2.24, 2.45) is 11.3 Å². The number of hydrogen-bond donors (Lipinski definition) is 1. The summed E-state index contributed by atoms with van der Waals surface area (Å²) in [5.74, 6) is 1.03. The fraction of sp³-hybridized carbons (Fsp3) is 0.562. The monoisotopic (exact) mass is 272 g/mol. The van der Waals surface area contributed by atoms with Gasteiger partial charge >= 0.3 is 0 Å². The van der Waals surface area contributed by atoms with Crippen molar-refractivity contribution in [2.45, 2.75) is 38.6 Å². The summed E-state index contributed by atoms with van der Waals surface area (Å²) < 4.78 is 1.30. The molecule has 1 heterocycles. The van der Waals surface area contributed by atoms with E-state index in [1.54, 1.807) is 0 Å². The molecule has 0 spiro atoms. The maximum Gasteiger partial charge on any atom is 0.111 e. The van der Waals surface area contributed by atoms with E-state index in [0.717, 1.165) is 11.4 Å². The molecule has 2 aliphatic carbocycles. The summed E-state index contributed by atoms with van der Waals surface area (Å²) in [6.45, 7) is 3.44. The van der Waals surface area contributed by atoms with Gasteiger partial charge in [-0.05, 0) is 56.1 Å². The molecule has 0 bridgehead atoms. The van der Waals surface area contributed by atoms with E-state index in [1.807, 2.05) is 11.3 Å². The molecule has 2 aromatic rings. The third-order valence-corrected chi connectivity index (χ3v) is 6.00. The van der Waals surface area contributed by atoms with E-state index in [0.29, 0.717) is 11.5 Å². The fourth-order valence-corrected chi connectivity index (χ4v) is 4.10. The van der Waals surface area contributed by atoms with Gasteiger partial charge in [0.1, 0.15) is 5.01 Å². The Hall–Kier alpha value is -0.930. The molecule has 100 valence electrons. The molecule has 2 nitrogen and oxygen atoms in total. The lowest BCUT2D eigenvalue weighted by Crippen LogP contribution is -2.27. The Labute approximate surface area is 118 Å². The van der Waals surface area contributed by atoms with Gasteiger partial charge in [0.05, 0.1) is 16.3 Å². The summed E-state index contributed by atoms with van der Waals surface area (Å²) in [5.41, 5.74) is 1.81. The van der Waals surface area contributed by atoms with Gasteiger partial charge in [0.15, 0.2) is 0 Å². The van der Waals surface area contributed by atoms with E-state index in [2.05, 4.69) is 36.5 Å². The van der Waals surface area contributed by atoms with Crippen LogP contribution in [0.4, 0.5) is 0 Å². The average Bonchev–Trinajstić information content (AvgIpc) is 3.32. The van der Waals surface area contributed by atoms with Crippen molar-refractivity contribution < 1.29 is 0 Å². The summed E-state index contributed by atoms with van der Waals surface area (Å²) in [5, 5.41) is 4.96. The molecule has 0 saturated heterocycles. The topological polar surface area (TPSA) is 24.9 Å². The molecular formula is C16H20N2S.